The van der Waals surface area contributed by atoms with Crippen molar-refractivity contribution in [3.63, 3.8) is 0 Å². The lowest BCUT2D eigenvalue weighted by molar-refractivity contribution is -0.0585. The van der Waals surface area contributed by atoms with E-state index < -0.39 is 6.29 Å². The van der Waals surface area contributed by atoms with Crippen LogP contribution in [-0.2, 0) is 9.47 Å². The Morgan fingerprint density at radius 2 is 1.81 bits per heavy atom. The van der Waals surface area contributed by atoms with Gasteiger partial charge in [0.2, 0.25) is 6.29 Å². The van der Waals surface area contributed by atoms with Crippen LogP contribution in [0.3, 0.4) is 0 Å². The van der Waals surface area contributed by atoms with Gasteiger partial charge in [-0.25, -0.2) is 0 Å². The van der Waals surface area contributed by atoms with E-state index in [-0.39, 0.29) is 0 Å². The molecule has 0 spiro atoms. The van der Waals surface area contributed by atoms with Gasteiger partial charge in [-0.1, -0.05) is 29.3 Å². The molecule has 0 radical (unpaired) electrons. The van der Waals surface area contributed by atoms with Crippen LogP contribution in [0.2, 0.25) is 10.0 Å². The molecule has 5 rings (SSSR count). The number of hydrogen-bond donors (Lipinski definition) is 1. The number of methoxy groups -OCH3 is 1. The number of aromatic nitrogens is 1. The maximum absolute atomic E-state index is 6.37. The zero-order chi connectivity index (χ0) is 21.4. The van der Waals surface area contributed by atoms with Crippen LogP contribution in [0.25, 0.3) is 22.2 Å². The van der Waals surface area contributed by atoms with E-state index in [0.29, 0.717) is 40.5 Å². The number of furan rings is 1. The van der Waals surface area contributed by atoms with E-state index in [1.54, 1.807) is 25.4 Å². The maximum Gasteiger partial charge on any atom is 0.217 e. The lowest BCUT2D eigenvalue weighted by atomic mass is 10.1. The Labute approximate surface area is 188 Å². The van der Waals surface area contributed by atoms with Gasteiger partial charge < -0.3 is 23.9 Å². The predicted octanol–water partition coefficient (Wildman–Crippen LogP) is 6.60. The van der Waals surface area contributed by atoms with Crippen LogP contribution in [-0.4, -0.2) is 25.3 Å². The van der Waals surface area contributed by atoms with Crippen molar-refractivity contribution in [3.8, 4) is 17.1 Å². The van der Waals surface area contributed by atoms with Crippen molar-refractivity contribution in [1.82, 2.24) is 4.98 Å². The Kier molecular flexibility index (Phi) is 5.46. The van der Waals surface area contributed by atoms with Crippen molar-refractivity contribution in [3.05, 3.63) is 70.5 Å². The van der Waals surface area contributed by atoms with Crippen molar-refractivity contribution in [2.24, 2.45) is 0 Å². The second-order valence-electron chi connectivity index (χ2n) is 6.96. The van der Waals surface area contributed by atoms with Gasteiger partial charge in [0.05, 0.1) is 41.6 Å². The molecule has 8 heteroatoms. The third-order valence-electron chi connectivity index (χ3n) is 5.02. The highest BCUT2D eigenvalue weighted by Gasteiger charge is 2.22. The van der Waals surface area contributed by atoms with Crippen molar-refractivity contribution in [2.75, 3.05) is 25.6 Å². The number of fused-ring (bicyclic) bond motifs is 1. The van der Waals surface area contributed by atoms with Crippen LogP contribution < -0.4 is 10.1 Å². The molecule has 1 aliphatic heterocycles. The molecule has 0 bridgehead atoms. The molecule has 1 saturated heterocycles. The van der Waals surface area contributed by atoms with E-state index in [1.165, 1.54) is 0 Å². The molecule has 0 aliphatic carbocycles. The molecule has 3 heterocycles. The van der Waals surface area contributed by atoms with Crippen LogP contribution in [0.4, 0.5) is 11.4 Å². The summed E-state index contributed by atoms with van der Waals surface area (Å²) < 4.78 is 22.2. The third-order valence-corrected chi connectivity index (χ3v) is 5.63. The first-order valence-corrected chi connectivity index (χ1v) is 10.4. The van der Waals surface area contributed by atoms with Gasteiger partial charge in [0.15, 0.2) is 5.76 Å². The monoisotopic (exact) mass is 456 g/mol. The van der Waals surface area contributed by atoms with Crippen LogP contribution >= 0.6 is 23.2 Å². The number of anilines is 2. The molecule has 1 aliphatic rings. The Hall–Kier alpha value is -2.77. The molecule has 158 valence electrons. The van der Waals surface area contributed by atoms with Gasteiger partial charge in [0, 0.05) is 28.9 Å². The van der Waals surface area contributed by atoms with Crippen LogP contribution in [0.5, 0.6) is 5.75 Å². The largest absolute Gasteiger partial charge is 0.495 e. The van der Waals surface area contributed by atoms with Gasteiger partial charge in [0.1, 0.15) is 11.5 Å². The molecule has 0 atom stereocenters. The number of hydrogen-bond acceptors (Lipinski definition) is 6. The second-order valence-corrected chi connectivity index (χ2v) is 7.77. The molecular weight excluding hydrogens is 439 g/mol. The van der Waals surface area contributed by atoms with Gasteiger partial charge in [0.25, 0.3) is 0 Å². The minimum atomic E-state index is -0.441. The second kappa shape index (κ2) is 8.40. The van der Waals surface area contributed by atoms with Gasteiger partial charge in [-0.2, -0.15) is 0 Å². The van der Waals surface area contributed by atoms with Crippen molar-refractivity contribution >= 4 is 45.5 Å². The molecule has 1 fully saturated rings. The highest BCUT2D eigenvalue weighted by atomic mass is 35.5. The van der Waals surface area contributed by atoms with Crippen LogP contribution in [0.15, 0.2) is 59.1 Å². The summed E-state index contributed by atoms with van der Waals surface area (Å²) in [4.78, 5) is 4.51. The lowest BCUT2D eigenvalue weighted by Crippen LogP contribution is -1.95. The minimum Gasteiger partial charge on any atom is -0.495 e. The summed E-state index contributed by atoms with van der Waals surface area (Å²) in [6.45, 7) is 1.14. The Morgan fingerprint density at radius 1 is 0.968 bits per heavy atom. The summed E-state index contributed by atoms with van der Waals surface area (Å²) in [6, 6.07) is 15.0. The highest BCUT2D eigenvalue weighted by Crippen LogP contribution is 2.37. The average molecular weight is 457 g/mol. The molecule has 0 saturated carbocycles. The smallest absolute Gasteiger partial charge is 0.217 e. The molecule has 0 unspecified atom stereocenters. The van der Waals surface area contributed by atoms with E-state index in [4.69, 9.17) is 41.8 Å². The minimum absolute atomic E-state index is 0.441. The van der Waals surface area contributed by atoms with E-state index in [9.17, 15) is 0 Å². The predicted molar refractivity (Wildman–Crippen MR) is 120 cm³/mol. The molecule has 2 aromatic heterocycles. The summed E-state index contributed by atoms with van der Waals surface area (Å²) in [6.07, 6.45) is 1.30. The Bertz CT molecular complexity index is 1250. The first kappa shape index (κ1) is 20.2. The van der Waals surface area contributed by atoms with E-state index in [1.807, 2.05) is 36.4 Å². The zero-order valence-electron chi connectivity index (χ0n) is 16.5. The molecule has 31 heavy (non-hydrogen) atoms. The maximum atomic E-state index is 6.37. The average Bonchev–Trinajstić information content (AvgIpc) is 3.47. The zero-order valence-corrected chi connectivity index (χ0v) is 18.0. The molecule has 0 amide bonds. The first-order chi connectivity index (χ1) is 15.1. The van der Waals surface area contributed by atoms with E-state index in [2.05, 4.69) is 10.3 Å². The number of nitrogens with zero attached hydrogens (tertiary/aromatic N) is 1. The fourth-order valence-electron chi connectivity index (χ4n) is 3.49. The van der Waals surface area contributed by atoms with Gasteiger partial charge in [-0.15, -0.1) is 0 Å². The summed E-state index contributed by atoms with van der Waals surface area (Å²) in [5, 5.41) is 5.23. The Balaban J connectivity index is 1.47. The fourth-order valence-corrected chi connectivity index (χ4v) is 4.00. The van der Waals surface area contributed by atoms with Crippen LogP contribution in [0.1, 0.15) is 12.1 Å². The normalized spacial score (nSPS) is 14.3. The van der Waals surface area contributed by atoms with Gasteiger partial charge in [-0.3, -0.25) is 4.98 Å². The van der Waals surface area contributed by atoms with Crippen molar-refractivity contribution in [2.45, 2.75) is 6.29 Å². The van der Waals surface area contributed by atoms with Gasteiger partial charge >= 0.3 is 0 Å². The van der Waals surface area contributed by atoms with E-state index in [0.717, 1.165) is 27.9 Å². The lowest BCUT2D eigenvalue weighted by Gasteiger charge is -2.13. The summed E-state index contributed by atoms with van der Waals surface area (Å²) in [5.74, 6) is 1.92. The fraction of sp³-hybridized carbons (Fsp3) is 0.174. The van der Waals surface area contributed by atoms with Crippen LogP contribution in [0, 0.1) is 0 Å². The molecule has 2 aromatic carbocycles. The first-order valence-electron chi connectivity index (χ1n) is 9.64. The quantitative estimate of drug-likeness (QED) is 0.364. The molecule has 1 N–H and O–H groups in total. The summed E-state index contributed by atoms with van der Waals surface area (Å²) in [5.41, 5.74) is 3.26. The molecular formula is C23H18Cl2N2O4. The van der Waals surface area contributed by atoms with Crippen molar-refractivity contribution < 1.29 is 18.6 Å². The number of rotatable bonds is 5. The summed E-state index contributed by atoms with van der Waals surface area (Å²) >= 11 is 12.5. The number of ether oxygens (including phenoxy) is 3. The number of pyridine rings is 1. The third kappa shape index (κ3) is 3.95. The Morgan fingerprint density at radius 3 is 2.61 bits per heavy atom. The van der Waals surface area contributed by atoms with Crippen molar-refractivity contribution in [1.29, 1.82) is 0 Å². The van der Waals surface area contributed by atoms with E-state index >= 15 is 0 Å². The topological polar surface area (TPSA) is 65.8 Å². The highest BCUT2D eigenvalue weighted by molar-refractivity contribution is 6.37. The molecule has 4 aromatic rings. The van der Waals surface area contributed by atoms with Gasteiger partial charge in [-0.05, 0) is 36.4 Å². The standard InChI is InChI=1S/C23H18Cl2N2O4/c1-28-22-12-19(15(24)11-16(22)25)27-17-6-7-26-18-10-13(2-3-14(17)18)20-4-5-21(31-20)23-29-8-9-30-23/h2-7,10-12,23H,8-9H2,1H3,(H,26,27). The number of nitrogens with one attached hydrogen (secondary N) is 1. The number of halogens is 2. The molecule has 6 nitrogen and oxygen atoms in total. The summed E-state index contributed by atoms with van der Waals surface area (Å²) in [7, 11) is 1.56. The number of benzene rings is 2. The SMILES string of the molecule is COc1cc(Nc2ccnc3cc(-c4ccc(C5OCCO5)o4)ccc23)c(Cl)cc1Cl.